The molecule has 1 aliphatic rings. The molecular formula is C13H25NO3. The Morgan fingerprint density at radius 3 is 2.41 bits per heavy atom. The number of aliphatic hydroxyl groups is 1. The van der Waals surface area contributed by atoms with Crippen molar-refractivity contribution in [1.82, 2.24) is 4.90 Å². The molecule has 0 aromatic heterocycles. The third kappa shape index (κ3) is 4.64. The topological polar surface area (TPSA) is 60.8 Å². The van der Waals surface area contributed by atoms with Crippen LogP contribution in [0.3, 0.4) is 0 Å². The average molecular weight is 243 g/mol. The van der Waals surface area contributed by atoms with Gasteiger partial charge in [0.05, 0.1) is 12.1 Å². The highest BCUT2D eigenvalue weighted by atomic mass is 16.4. The molecule has 0 aromatic rings. The standard InChI is InChI=1S/C13H25NO3/c1-3-11(2)14(9-12(15)16)10-13(17)7-5-4-6-8-13/h11,17H,3-10H2,1-2H3,(H,15,16). The van der Waals surface area contributed by atoms with E-state index in [1.54, 1.807) is 0 Å². The number of carbonyl (C=O) groups is 1. The Morgan fingerprint density at radius 1 is 1.35 bits per heavy atom. The normalized spacial score (nSPS) is 21.4. The van der Waals surface area contributed by atoms with Crippen molar-refractivity contribution < 1.29 is 15.0 Å². The Hall–Kier alpha value is -0.610. The summed E-state index contributed by atoms with van der Waals surface area (Å²) in [5, 5.41) is 19.4. The van der Waals surface area contributed by atoms with Crippen molar-refractivity contribution in [1.29, 1.82) is 0 Å². The summed E-state index contributed by atoms with van der Waals surface area (Å²) >= 11 is 0. The summed E-state index contributed by atoms with van der Waals surface area (Å²) in [6.45, 7) is 4.59. The van der Waals surface area contributed by atoms with Crippen LogP contribution in [0.25, 0.3) is 0 Å². The van der Waals surface area contributed by atoms with E-state index in [1.165, 1.54) is 6.42 Å². The minimum absolute atomic E-state index is 0.0251. The Morgan fingerprint density at radius 2 is 1.94 bits per heavy atom. The van der Waals surface area contributed by atoms with Crippen molar-refractivity contribution in [3.63, 3.8) is 0 Å². The van der Waals surface area contributed by atoms with E-state index >= 15 is 0 Å². The van der Waals surface area contributed by atoms with Crippen LogP contribution in [0.5, 0.6) is 0 Å². The SMILES string of the molecule is CCC(C)N(CC(=O)O)CC1(O)CCCCC1. The van der Waals surface area contributed by atoms with Crippen molar-refractivity contribution >= 4 is 5.97 Å². The summed E-state index contributed by atoms with van der Waals surface area (Å²) < 4.78 is 0. The van der Waals surface area contributed by atoms with Gasteiger partial charge in [0.2, 0.25) is 0 Å². The highest BCUT2D eigenvalue weighted by Gasteiger charge is 2.33. The Bertz CT molecular complexity index is 249. The Balaban J connectivity index is 2.60. The van der Waals surface area contributed by atoms with E-state index in [-0.39, 0.29) is 12.6 Å². The molecule has 1 rings (SSSR count). The molecule has 1 atom stereocenters. The first kappa shape index (κ1) is 14.5. The molecule has 100 valence electrons. The molecular weight excluding hydrogens is 218 g/mol. The summed E-state index contributed by atoms with van der Waals surface area (Å²) in [6, 6.07) is 0.206. The average Bonchev–Trinajstić information content (AvgIpc) is 2.27. The Labute approximate surface area is 104 Å². The molecule has 0 bridgehead atoms. The van der Waals surface area contributed by atoms with Gasteiger partial charge in [-0.15, -0.1) is 0 Å². The quantitative estimate of drug-likeness (QED) is 0.747. The molecule has 0 aliphatic heterocycles. The largest absolute Gasteiger partial charge is 0.480 e. The summed E-state index contributed by atoms with van der Waals surface area (Å²) in [7, 11) is 0. The predicted molar refractivity (Wildman–Crippen MR) is 67.0 cm³/mol. The third-order valence-electron chi connectivity index (χ3n) is 3.83. The molecule has 0 spiro atoms. The number of nitrogens with zero attached hydrogens (tertiary/aromatic N) is 1. The van der Waals surface area contributed by atoms with Crippen molar-refractivity contribution in [2.45, 2.75) is 64.0 Å². The molecule has 0 aromatic carbocycles. The van der Waals surface area contributed by atoms with Crippen LogP contribution in [0.15, 0.2) is 0 Å². The number of rotatable bonds is 6. The summed E-state index contributed by atoms with van der Waals surface area (Å²) in [5.74, 6) is -0.815. The molecule has 0 heterocycles. The van der Waals surface area contributed by atoms with Gasteiger partial charge < -0.3 is 10.2 Å². The van der Waals surface area contributed by atoms with Gasteiger partial charge in [0.15, 0.2) is 0 Å². The second-order valence-corrected chi connectivity index (χ2v) is 5.34. The lowest BCUT2D eigenvalue weighted by Gasteiger charge is -2.38. The van der Waals surface area contributed by atoms with Crippen LogP contribution in [0.1, 0.15) is 52.4 Å². The third-order valence-corrected chi connectivity index (χ3v) is 3.83. The first-order chi connectivity index (χ1) is 7.97. The zero-order valence-corrected chi connectivity index (χ0v) is 11.0. The van der Waals surface area contributed by atoms with Gasteiger partial charge in [0.25, 0.3) is 0 Å². The molecule has 4 heteroatoms. The van der Waals surface area contributed by atoms with Crippen LogP contribution in [-0.2, 0) is 4.79 Å². The molecule has 4 nitrogen and oxygen atoms in total. The smallest absolute Gasteiger partial charge is 0.317 e. The van der Waals surface area contributed by atoms with E-state index < -0.39 is 11.6 Å². The highest BCUT2D eigenvalue weighted by molar-refractivity contribution is 5.69. The zero-order chi connectivity index (χ0) is 12.9. The van der Waals surface area contributed by atoms with Crippen molar-refractivity contribution in [2.75, 3.05) is 13.1 Å². The van der Waals surface area contributed by atoms with Crippen LogP contribution >= 0.6 is 0 Å². The molecule has 1 unspecified atom stereocenters. The molecule has 0 radical (unpaired) electrons. The fraction of sp³-hybridized carbons (Fsp3) is 0.923. The van der Waals surface area contributed by atoms with Gasteiger partial charge in [0.1, 0.15) is 0 Å². The van der Waals surface area contributed by atoms with Crippen molar-refractivity contribution in [3.8, 4) is 0 Å². The first-order valence-electron chi connectivity index (χ1n) is 6.65. The minimum atomic E-state index is -0.815. The fourth-order valence-electron chi connectivity index (χ4n) is 2.55. The lowest BCUT2D eigenvalue weighted by molar-refractivity contribution is -0.140. The van der Waals surface area contributed by atoms with Gasteiger partial charge >= 0.3 is 5.97 Å². The molecule has 17 heavy (non-hydrogen) atoms. The summed E-state index contributed by atoms with van der Waals surface area (Å²) in [4.78, 5) is 12.7. The van der Waals surface area contributed by atoms with E-state index in [0.717, 1.165) is 32.1 Å². The number of carboxylic acids is 1. The number of hydrogen-bond acceptors (Lipinski definition) is 3. The van der Waals surface area contributed by atoms with E-state index in [1.807, 2.05) is 18.7 Å². The summed E-state index contributed by atoms with van der Waals surface area (Å²) in [6.07, 6.45) is 5.81. The minimum Gasteiger partial charge on any atom is -0.480 e. The molecule has 1 fully saturated rings. The molecule has 1 aliphatic carbocycles. The molecule has 2 N–H and O–H groups in total. The van der Waals surface area contributed by atoms with Gasteiger partial charge in [-0.25, -0.2) is 0 Å². The van der Waals surface area contributed by atoms with E-state index in [0.29, 0.717) is 6.54 Å². The van der Waals surface area contributed by atoms with E-state index in [2.05, 4.69) is 0 Å². The van der Waals surface area contributed by atoms with Gasteiger partial charge in [-0.3, -0.25) is 9.69 Å². The van der Waals surface area contributed by atoms with Crippen LogP contribution in [0.2, 0.25) is 0 Å². The highest BCUT2D eigenvalue weighted by Crippen LogP contribution is 2.29. The number of hydrogen-bond donors (Lipinski definition) is 2. The predicted octanol–water partition coefficient (Wildman–Crippen LogP) is 1.87. The Kier molecular flexibility index (Phi) is 5.40. The lowest BCUT2D eigenvalue weighted by Crippen LogP contribution is -2.49. The maximum Gasteiger partial charge on any atom is 0.317 e. The van der Waals surface area contributed by atoms with Gasteiger partial charge in [-0.05, 0) is 26.2 Å². The number of aliphatic carboxylic acids is 1. The van der Waals surface area contributed by atoms with Gasteiger partial charge in [-0.2, -0.15) is 0 Å². The van der Waals surface area contributed by atoms with Crippen molar-refractivity contribution in [2.24, 2.45) is 0 Å². The van der Waals surface area contributed by atoms with Crippen molar-refractivity contribution in [3.05, 3.63) is 0 Å². The maximum absolute atomic E-state index is 10.9. The maximum atomic E-state index is 10.9. The zero-order valence-electron chi connectivity index (χ0n) is 11.0. The van der Waals surface area contributed by atoms with Crippen LogP contribution in [-0.4, -0.2) is 45.8 Å². The molecule has 1 saturated carbocycles. The number of carboxylic acid groups (broad SMARTS) is 1. The lowest BCUT2D eigenvalue weighted by atomic mass is 9.84. The van der Waals surface area contributed by atoms with Crippen LogP contribution in [0.4, 0.5) is 0 Å². The first-order valence-corrected chi connectivity index (χ1v) is 6.65. The van der Waals surface area contributed by atoms with Gasteiger partial charge in [0, 0.05) is 12.6 Å². The monoisotopic (exact) mass is 243 g/mol. The second-order valence-electron chi connectivity index (χ2n) is 5.34. The van der Waals surface area contributed by atoms with Gasteiger partial charge in [-0.1, -0.05) is 26.2 Å². The molecule has 0 amide bonds. The van der Waals surface area contributed by atoms with Crippen LogP contribution < -0.4 is 0 Å². The van der Waals surface area contributed by atoms with E-state index in [9.17, 15) is 9.90 Å². The fourth-order valence-corrected chi connectivity index (χ4v) is 2.55. The van der Waals surface area contributed by atoms with E-state index in [4.69, 9.17) is 5.11 Å². The summed E-state index contributed by atoms with van der Waals surface area (Å²) in [5.41, 5.74) is -0.670. The van der Waals surface area contributed by atoms with Crippen LogP contribution in [0, 0.1) is 0 Å². The molecule has 0 saturated heterocycles. The second kappa shape index (κ2) is 6.36.